The van der Waals surface area contributed by atoms with E-state index in [1.54, 1.807) is 6.07 Å². The van der Waals surface area contributed by atoms with Gasteiger partial charge in [-0.05, 0) is 66.3 Å². The topological polar surface area (TPSA) is 95.9 Å². The minimum Gasteiger partial charge on any atom is -0.508 e. The van der Waals surface area contributed by atoms with Gasteiger partial charge in [-0.2, -0.15) is 9.97 Å². The van der Waals surface area contributed by atoms with Crippen LogP contribution in [-0.4, -0.2) is 88.1 Å². The fourth-order valence-electron chi connectivity index (χ4n) is 8.20. The lowest BCUT2D eigenvalue weighted by Gasteiger charge is -2.39. The largest absolute Gasteiger partial charge is 0.508 e. The van der Waals surface area contributed by atoms with E-state index >= 15 is 4.39 Å². The van der Waals surface area contributed by atoms with Gasteiger partial charge in [-0.1, -0.05) is 37.8 Å². The molecular formula is C37H40F2N6O3. The molecule has 2 N–H and O–H groups in total. The van der Waals surface area contributed by atoms with Crippen molar-refractivity contribution >= 4 is 33.1 Å². The summed E-state index contributed by atoms with van der Waals surface area (Å²) >= 11 is 0. The number of anilines is 1. The average molecular weight is 655 g/mol. The third-order valence-electron chi connectivity index (χ3n) is 10.6. The molecular weight excluding hydrogens is 614 g/mol. The van der Waals surface area contributed by atoms with Crippen molar-refractivity contribution in [3.63, 3.8) is 0 Å². The zero-order valence-corrected chi connectivity index (χ0v) is 27.1. The highest BCUT2D eigenvalue weighted by molar-refractivity contribution is 6.06. The second-order valence-electron chi connectivity index (χ2n) is 13.6. The fourth-order valence-corrected chi connectivity index (χ4v) is 8.20. The number of hydrogen-bond acceptors (Lipinski definition) is 9. The molecule has 6 heterocycles. The molecule has 2 aromatic carbocycles. The van der Waals surface area contributed by atoms with Gasteiger partial charge in [0, 0.05) is 37.7 Å². The monoisotopic (exact) mass is 654 g/mol. The number of nitrogens with zero attached hydrogens (tertiary/aromatic N) is 5. The normalized spacial score (nSPS) is 25.1. The first kappa shape index (κ1) is 31.0. The number of phenolic OH excluding ortho intramolecular Hbond substituents is 1. The first-order chi connectivity index (χ1) is 23.3. The van der Waals surface area contributed by atoms with Crippen LogP contribution in [0.5, 0.6) is 17.6 Å². The van der Waals surface area contributed by atoms with Gasteiger partial charge in [0.25, 0.3) is 0 Å². The van der Waals surface area contributed by atoms with Gasteiger partial charge in [0.2, 0.25) is 5.88 Å². The van der Waals surface area contributed by atoms with Gasteiger partial charge in [-0.15, -0.1) is 6.58 Å². The van der Waals surface area contributed by atoms with Gasteiger partial charge in [0.1, 0.15) is 47.5 Å². The Morgan fingerprint density at radius 3 is 2.94 bits per heavy atom. The number of piperazine rings is 1. The van der Waals surface area contributed by atoms with E-state index in [0.29, 0.717) is 55.9 Å². The van der Waals surface area contributed by atoms with Crippen LogP contribution >= 0.6 is 0 Å². The Balaban J connectivity index is 1.32. The molecule has 2 aromatic heterocycles. The van der Waals surface area contributed by atoms with Gasteiger partial charge in [-0.3, -0.25) is 4.90 Å². The number of phenols is 1. The molecule has 4 atom stereocenters. The third-order valence-corrected chi connectivity index (χ3v) is 10.6. The molecule has 0 bridgehead atoms. The molecule has 0 aliphatic carbocycles. The van der Waals surface area contributed by atoms with Crippen LogP contribution in [0.25, 0.3) is 38.5 Å². The molecule has 4 aromatic rings. The van der Waals surface area contributed by atoms with Crippen LogP contribution in [0.1, 0.15) is 44.6 Å². The van der Waals surface area contributed by atoms with Gasteiger partial charge in [-0.25, -0.2) is 13.8 Å². The van der Waals surface area contributed by atoms with Crippen molar-refractivity contribution in [3.05, 3.63) is 60.9 Å². The van der Waals surface area contributed by atoms with E-state index in [0.717, 1.165) is 47.7 Å². The van der Waals surface area contributed by atoms with Gasteiger partial charge in [0.05, 0.1) is 11.6 Å². The number of allylic oxidation sites excluding steroid dienone is 1. The molecule has 0 spiro atoms. The summed E-state index contributed by atoms with van der Waals surface area (Å²) in [5.74, 6) is 0.0305. The van der Waals surface area contributed by atoms with Crippen LogP contribution < -0.4 is 19.7 Å². The molecule has 9 nitrogen and oxygen atoms in total. The molecule has 11 heteroatoms. The molecule has 0 amide bonds. The standard InChI is InChI=1S/C37H40F2N6O3/c1-4-8-24-18-45-25(16-40-24)19-47-35-30-33(42-36(43-34(30)45)48-20-37-11-7-12-44(37)17-23(38)15-37)31(39)32(41-35)28-14-26(46)13-22-9-6-10-27(29(22)28)21(3)5-2/h4,6,9-10,13-14,23-25,40,46H,1,3,5,7-8,11-12,15-20H2,2H3/t23-,24-,25+,37-/m1/s1. The summed E-state index contributed by atoms with van der Waals surface area (Å²) < 4.78 is 44.5. The van der Waals surface area contributed by atoms with E-state index in [1.807, 2.05) is 31.2 Å². The summed E-state index contributed by atoms with van der Waals surface area (Å²) in [6.45, 7) is 13.1. The highest BCUT2D eigenvalue weighted by Crippen LogP contribution is 2.45. The lowest BCUT2D eigenvalue weighted by Crippen LogP contribution is -2.58. The lowest BCUT2D eigenvalue weighted by atomic mass is 9.92. The summed E-state index contributed by atoms with van der Waals surface area (Å²) in [5, 5.41) is 16.2. The number of hydrogen-bond donors (Lipinski definition) is 2. The van der Waals surface area contributed by atoms with E-state index < -0.39 is 17.5 Å². The molecule has 3 fully saturated rings. The number of halogens is 2. The Bertz CT molecular complexity index is 1950. The van der Waals surface area contributed by atoms with E-state index in [4.69, 9.17) is 19.4 Å². The minimum atomic E-state index is -0.906. The molecule has 0 saturated carbocycles. The van der Waals surface area contributed by atoms with Crippen LogP contribution in [-0.2, 0) is 0 Å². The zero-order chi connectivity index (χ0) is 33.2. The Morgan fingerprint density at radius 1 is 1.23 bits per heavy atom. The first-order valence-electron chi connectivity index (χ1n) is 16.9. The molecule has 3 saturated heterocycles. The lowest BCUT2D eigenvalue weighted by molar-refractivity contribution is 0.107. The number of ether oxygens (including phenoxy) is 2. The summed E-state index contributed by atoms with van der Waals surface area (Å²) in [6, 6.07) is 8.95. The van der Waals surface area contributed by atoms with Crippen LogP contribution in [0.3, 0.4) is 0 Å². The van der Waals surface area contributed by atoms with Crippen LogP contribution in [0.2, 0.25) is 0 Å². The Hall–Kier alpha value is -4.35. The number of aromatic hydroxyl groups is 1. The van der Waals surface area contributed by atoms with Crippen molar-refractivity contribution in [3.8, 4) is 28.9 Å². The third kappa shape index (κ3) is 5.06. The number of aromatic nitrogens is 3. The van der Waals surface area contributed by atoms with E-state index in [9.17, 15) is 9.50 Å². The van der Waals surface area contributed by atoms with Crippen molar-refractivity contribution in [2.24, 2.45) is 0 Å². The van der Waals surface area contributed by atoms with Gasteiger partial charge in [0.15, 0.2) is 5.82 Å². The molecule has 48 heavy (non-hydrogen) atoms. The van der Waals surface area contributed by atoms with E-state index in [2.05, 4.69) is 33.3 Å². The van der Waals surface area contributed by atoms with Crippen molar-refractivity contribution in [1.82, 2.24) is 25.2 Å². The smallest absolute Gasteiger partial charge is 0.319 e. The number of rotatable bonds is 8. The predicted molar refractivity (Wildman–Crippen MR) is 183 cm³/mol. The molecule has 0 unspecified atom stereocenters. The van der Waals surface area contributed by atoms with Crippen LogP contribution in [0.4, 0.5) is 14.6 Å². The molecule has 8 rings (SSSR count). The maximum atomic E-state index is 17.2. The number of alkyl halides is 1. The second-order valence-corrected chi connectivity index (χ2v) is 13.6. The van der Waals surface area contributed by atoms with E-state index in [1.165, 1.54) is 6.07 Å². The zero-order valence-electron chi connectivity index (χ0n) is 27.1. The Kier molecular flexibility index (Phi) is 7.71. The summed E-state index contributed by atoms with van der Waals surface area (Å²) in [4.78, 5) is 18.7. The summed E-state index contributed by atoms with van der Waals surface area (Å²) in [7, 11) is 0. The highest BCUT2D eigenvalue weighted by atomic mass is 19.1. The SMILES string of the molecule is C=CC[C@@H]1CN2c3nc(OC[C@]45CCCN4C[C@H](F)C5)nc4c(F)c(-c5cc(O)cc6cccc(C(=C)CC)c56)nc(c34)OC[C@@H]2CN1. The van der Waals surface area contributed by atoms with Crippen LogP contribution in [0.15, 0.2) is 49.6 Å². The van der Waals surface area contributed by atoms with Crippen LogP contribution in [0, 0.1) is 5.82 Å². The molecule has 0 radical (unpaired) electrons. The maximum Gasteiger partial charge on any atom is 0.319 e. The van der Waals surface area contributed by atoms with Crippen molar-refractivity contribution in [2.75, 3.05) is 44.3 Å². The predicted octanol–water partition coefficient (Wildman–Crippen LogP) is 6.18. The van der Waals surface area contributed by atoms with Crippen molar-refractivity contribution in [2.45, 2.75) is 62.8 Å². The number of nitrogens with one attached hydrogen (secondary N) is 1. The van der Waals surface area contributed by atoms with Gasteiger partial charge < -0.3 is 24.8 Å². The summed E-state index contributed by atoms with van der Waals surface area (Å²) in [5.41, 5.74) is 1.74. The van der Waals surface area contributed by atoms with E-state index in [-0.39, 0.29) is 47.5 Å². The van der Waals surface area contributed by atoms with Crippen molar-refractivity contribution < 1.29 is 23.4 Å². The number of benzene rings is 2. The quantitative estimate of drug-likeness (QED) is 0.216. The maximum absolute atomic E-state index is 17.2. The molecule has 250 valence electrons. The fraction of sp³-hybridized carbons (Fsp3) is 0.432. The minimum absolute atomic E-state index is 0.00418. The second kappa shape index (κ2) is 12.0. The van der Waals surface area contributed by atoms with Gasteiger partial charge >= 0.3 is 6.01 Å². The summed E-state index contributed by atoms with van der Waals surface area (Å²) in [6.07, 6.45) is 4.61. The highest BCUT2D eigenvalue weighted by Gasteiger charge is 2.49. The average Bonchev–Trinajstić information content (AvgIpc) is 3.56. The number of fused-ring (bicyclic) bond motifs is 4. The molecule has 4 aliphatic rings. The Labute approximate surface area is 278 Å². The number of pyridine rings is 1. The van der Waals surface area contributed by atoms with Crippen molar-refractivity contribution in [1.29, 1.82) is 0 Å². The molecule has 4 aliphatic heterocycles. The first-order valence-corrected chi connectivity index (χ1v) is 16.9. The Morgan fingerprint density at radius 2 is 2.10 bits per heavy atom.